The van der Waals surface area contributed by atoms with Gasteiger partial charge in [0.2, 0.25) is 5.91 Å². The van der Waals surface area contributed by atoms with Crippen LogP contribution in [0.25, 0.3) is 0 Å². The molecular formula is C21H27ClN2O. The second-order valence-electron chi connectivity index (χ2n) is 6.54. The summed E-state index contributed by atoms with van der Waals surface area (Å²) in [7, 11) is 0. The highest BCUT2D eigenvalue weighted by molar-refractivity contribution is 5.85. The smallest absolute Gasteiger partial charge is 0.224 e. The van der Waals surface area contributed by atoms with Crippen LogP contribution >= 0.6 is 12.4 Å². The first kappa shape index (κ1) is 19.5. The van der Waals surface area contributed by atoms with E-state index in [-0.39, 0.29) is 30.3 Å². The molecule has 3 nitrogen and oxygen atoms in total. The lowest BCUT2D eigenvalue weighted by molar-refractivity contribution is -0.126. The maximum atomic E-state index is 12.6. The van der Waals surface area contributed by atoms with Gasteiger partial charge in [0.1, 0.15) is 0 Å². The molecule has 2 unspecified atom stereocenters. The summed E-state index contributed by atoms with van der Waals surface area (Å²) in [4.78, 5) is 12.6. The Bertz CT molecular complexity index is 627. The van der Waals surface area contributed by atoms with Gasteiger partial charge < -0.3 is 10.6 Å². The van der Waals surface area contributed by atoms with Crippen LogP contribution in [0.15, 0.2) is 60.7 Å². The minimum absolute atomic E-state index is 0. The summed E-state index contributed by atoms with van der Waals surface area (Å²) >= 11 is 0. The fourth-order valence-electron chi connectivity index (χ4n) is 3.33. The van der Waals surface area contributed by atoms with Crippen molar-refractivity contribution in [2.75, 3.05) is 13.1 Å². The van der Waals surface area contributed by atoms with Crippen LogP contribution in [0.1, 0.15) is 36.4 Å². The van der Waals surface area contributed by atoms with E-state index in [1.54, 1.807) is 0 Å². The number of carbonyl (C=O) groups excluding carboxylic acids is 1. The van der Waals surface area contributed by atoms with Crippen molar-refractivity contribution < 1.29 is 4.79 Å². The molecule has 1 aliphatic heterocycles. The number of rotatable bonds is 6. The van der Waals surface area contributed by atoms with Crippen molar-refractivity contribution in [2.24, 2.45) is 5.92 Å². The number of carbonyl (C=O) groups is 1. The number of aryl methyl sites for hydroxylation is 1. The van der Waals surface area contributed by atoms with E-state index < -0.39 is 0 Å². The number of benzene rings is 2. The molecule has 0 saturated carbocycles. The first-order valence-electron chi connectivity index (χ1n) is 8.93. The number of amides is 1. The Morgan fingerprint density at radius 2 is 1.76 bits per heavy atom. The van der Waals surface area contributed by atoms with E-state index in [2.05, 4.69) is 47.0 Å². The topological polar surface area (TPSA) is 41.1 Å². The summed E-state index contributed by atoms with van der Waals surface area (Å²) in [6.07, 6.45) is 3.95. The van der Waals surface area contributed by atoms with Gasteiger partial charge in [-0.05, 0) is 43.4 Å². The van der Waals surface area contributed by atoms with Gasteiger partial charge in [0.15, 0.2) is 0 Å². The van der Waals surface area contributed by atoms with Crippen LogP contribution in [0.5, 0.6) is 0 Å². The summed E-state index contributed by atoms with van der Waals surface area (Å²) in [5.74, 6) is 0.283. The summed E-state index contributed by atoms with van der Waals surface area (Å²) < 4.78 is 0. The fourth-order valence-corrected chi connectivity index (χ4v) is 3.33. The lowest BCUT2D eigenvalue weighted by Crippen LogP contribution is -2.41. The number of hydrogen-bond donors (Lipinski definition) is 2. The number of hydrogen-bond acceptors (Lipinski definition) is 2. The largest absolute Gasteiger partial charge is 0.349 e. The molecular weight excluding hydrogens is 332 g/mol. The van der Waals surface area contributed by atoms with Crippen LogP contribution in [0.3, 0.4) is 0 Å². The molecule has 1 saturated heterocycles. The van der Waals surface area contributed by atoms with Crippen LogP contribution in [0, 0.1) is 5.92 Å². The van der Waals surface area contributed by atoms with Gasteiger partial charge in [-0.25, -0.2) is 0 Å². The predicted molar refractivity (Wildman–Crippen MR) is 105 cm³/mol. The van der Waals surface area contributed by atoms with Crippen LogP contribution in [0.2, 0.25) is 0 Å². The number of nitrogens with one attached hydrogen (secondary N) is 2. The van der Waals surface area contributed by atoms with Gasteiger partial charge in [-0.2, -0.15) is 0 Å². The lowest BCUT2D eigenvalue weighted by atomic mass is 9.95. The Morgan fingerprint density at radius 3 is 2.40 bits per heavy atom. The van der Waals surface area contributed by atoms with Crippen LogP contribution < -0.4 is 10.6 Å². The zero-order chi connectivity index (χ0) is 16.6. The molecule has 1 fully saturated rings. The average Bonchev–Trinajstić information content (AvgIpc) is 2.67. The van der Waals surface area contributed by atoms with Gasteiger partial charge in [0, 0.05) is 6.54 Å². The van der Waals surface area contributed by atoms with E-state index in [0.29, 0.717) is 0 Å². The molecule has 2 aromatic rings. The Hall–Kier alpha value is -1.84. The molecule has 2 atom stereocenters. The third-order valence-electron chi connectivity index (χ3n) is 4.75. The van der Waals surface area contributed by atoms with E-state index in [0.717, 1.165) is 38.8 Å². The van der Waals surface area contributed by atoms with Crippen molar-refractivity contribution >= 4 is 18.3 Å². The van der Waals surface area contributed by atoms with Gasteiger partial charge in [0.05, 0.1) is 12.0 Å². The molecule has 2 N–H and O–H groups in total. The summed E-state index contributed by atoms with van der Waals surface area (Å²) in [6, 6.07) is 20.9. The highest BCUT2D eigenvalue weighted by atomic mass is 35.5. The Morgan fingerprint density at radius 1 is 1.08 bits per heavy atom. The molecule has 134 valence electrons. The van der Waals surface area contributed by atoms with E-state index in [1.165, 1.54) is 11.1 Å². The maximum Gasteiger partial charge on any atom is 0.224 e. The van der Waals surface area contributed by atoms with Crippen molar-refractivity contribution in [3.8, 4) is 0 Å². The molecule has 25 heavy (non-hydrogen) atoms. The number of halogens is 1. The first-order valence-corrected chi connectivity index (χ1v) is 8.93. The standard InChI is InChI=1S/C21H26N2O.ClH/c24-21(19-12-7-15-22-16-19)23-20(18-10-5-2-6-11-18)14-13-17-8-3-1-4-9-17;/h1-6,8-11,19-20,22H,7,12-16H2,(H,23,24);1H. The van der Waals surface area contributed by atoms with Gasteiger partial charge in [0.25, 0.3) is 0 Å². The molecule has 0 aromatic heterocycles. The molecule has 1 amide bonds. The molecule has 0 bridgehead atoms. The predicted octanol–water partition coefficient (Wildman–Crippen LogP) is 3.90. The first-order chi connectivity index (χ1) is 11.8. The van der Waals surface area contributed by atoms with E-state index in [4.69, 9.17) is 0 Å². The number of piperidine rings is 1. The van der Waals surface area contributed by atoms with Crippen LogP contribution in [0.4, 0.5) is 0 Å². The molecule has 3 rings (SSSR count). The van der Waals surface area contributed by atoms with Gasteiger partial charge in [-0.15, -0.1) is 12.4 Å². The van der Waals surface area contributed by atoms with Crippen molar-refractivity contribution in [2.45, 2.75) is 31.7 Å². The van der Waals surface area contributed by atoms with Crippen molar-refractivity contribution in [3.05, 3.63) is 71.8 Å². The fraction of sp³-hybridized carbons (Fsp3) is 0.381. The maximum absolute atomic E-state index is 12.6. The minimum Gasteiger partial charge on any atom is -0.349 e. The normalized spacial score (nSPS) is 18.0. The zero-order valence-corrected chi connectivity index (χ0v) is 15.3. The van der Waals surface area contributed by atoms with Crippen molar-refractivity contribution in [3.63, 3.8) is 0 Å². The zero-order valence-electron chi connectivity index (χ0n) is 14.5. The monoisotopic (exact) mass is 358 g/mol. The van der Waals surface area contributed by atoms with Gasteiger partial charge >= 0.3 is 0 Å². The van der Waals surface area contributed by atoms with E-state index in [9.17, 15) is 4.79 Å². The second kappa shape index (κ2) is 10.2. The summed E-state index contributed by atoms with van der Waals surface area (Å²) in [5, 5.41) is 6.62. The van der Waals surface area contributed by atoms with Gasteiger partial charge in [-0.1, -0.05) is 60.7 Å². The van der Waals surface area contributed by atoms with Gasteiger partial charge in [-0.3, -0.25) is 4.79 Å². The lowest BCUT2D eigenvalue weighted by Gasteiger charge is -2.26. The van der Waals surface area contributed by atoms with Crippen molar-refractivity contribution in [1.29, 1.82) is 0 Å². The minimum atomic E-state index is 0. The second-order valence-corrected chi connectivity index (χ2v) is 6.54. The molecule has 0 spiro atoms. The third kappa shape index (κ3) is 5.87. The molecule has 0 aliphatic carbocycles. The van der Waals surface area contributed by atoms with E-state index >= 15 is 0 Å². The van der Waals surface area contributed by atoms with Crippen LogP contribution in [-0.4, -0.2) is 19.0 Å². The summed E-state index contributed by atoms with van der Waals surface area (Å²) in [6.45, 7) is 1.83. The summed E-state index contributed by atoms with van der Waals surface area (Å²) in [5.41, 5.74) is 2.50. The Balaban J connectivity index is 0.00000225. The van der Waals surface area contributed by atoms with Crippen molar-refractivity contribution in [1.82, 2.24) is 10.6 Å². The highest BCUT2D eigenvalue weighted by Crippen LogP contribution is 2.21. The van der Waals surface area contributed by atoms with E-state index in [1.807, 2.05) is 24.3 Å². The highest BCUT2D eigenvalue weighted by Gasteiger charge is 2.23. The third-order valence-corrected chi connectivity index (χ3v) is 4.75. The average molecular weight is 359 g/mol. The molecule has 0 radical (unpaired) electrons. The van der Waals surface area contributed by atoms with Crippen LogP contribution in [-0.2, 0) is 11.2 Å². The molecule has 1 aliphatic rings. The quantitative estimate of drug-likeness (QED) is 0.822. The Kier molecular flexibility index (Phi) is 7.96. The molecule has 4 heteroatoms. The Labute approximate surface area is 156 Å². The molecule has 2 aromatic carbocycles. The molecule has 1 heterocycles. The SMILES string of the molecule is Cl.O=C(NC(CCc1ccccc1)c1ccccc1)C1CCCNC1.